The fourth-order valence-electron chi connectivity index (χ4n) is 2.91. The normalized spacial score (nSPS) is 16.3. The van der Waals surface area contributed by atoms with Crippen molar-refractivity contribution in [2.45, 2.75) is 39.2 Å². The van der Waals surface area contributed by atoms with Gasteiger partial charge in [-0.15, -0.1) is 0 Å². The zero-order valence-electron chi connectivity index (χ0n) is 12.2. The first kappa shape index (κ1) is 14.5. The van der Waals surface area contributed by atoms with Crippen LogP contribution in [0.4, 0.5) is 0 Å². The molecule has 0 spiro atoms. The molecule has 3 rings (SSSR count). The van der Waals surface area contributed by atoms with E-state index in [0.717, 1.165) is 6.54 Å². The molecule has 0 unspecified atom stereocenters. The molecule has 2 aromatic rings. The summed E-state index contributed by atoms with van der Waals surface area (Å²) in [5.41, 5.74) is 1.04. The van der Waals surface area contributed by atoms with Crippen molar-refractivity contribution in [1.29, 1.82) is 0 Å². The Morgan fingerprint density at radius 3 is 2.95 bits per heavy atom. The number of aromatic amines is 1. The maximum Gasteiger partial charge on any atom is 0.258 e. The standard InChI is InChI=1S/C16H20ClN3O/c1-2-5-16(6-7-16)10-18-9-14-19-13-8-11(17)3-4-12(13)15(21)20-14/h3-4,8,18H,2,5-7,9-10H2,1H3,(H,19,20,21). The molecule has 4 nitrogen and oxygen atoms in total. The highest BCUT2D eigenvalue weighted by atomic mass is 35.5. The van der Waals surface area contributed by atoms with Gasteiger partial charge in [-0.05, 0) is 42.9 Å². The third kappa shape index (κ3) is 3.27. The van der Waals surface area contributed by atoms with Crippen molar-refractivity contribution in [2.24, 2.45) is 5.41 Å². The van der Waals surface area contributed by atoms with Crippen LogP contribution in [0.2, 0.25) is 5.02 Å². The summed E-state index contributed by atoms with van der Waals surface area (Å²) in [5, 5.41) is 4.60. The fraction of sp³-hybridized carbons (Fsp3) is 0.500. The highest BCUT2D eigenvalue weighted by Crippen LogP contribution is 2.48. The lowest BCUT2D eigenvalue weighted by molar-refractivity contribution is 0.418. The van der Waals surface area contributed by atoms with E-state index in [0.29, 0.717) is 33.7 Å². The smallest absolute Gasteiger partial charge is 0.258 e. The topological polar surface area (TPSA) is 57.8 Å². The third-order valence-electron chi connectivity index (χ3n) is 4.25. The maximum absolute atomic E-state index is 12.0. The first-order chi connectivity index (χ1) is 10.1. The molecule has 1 saturated carbocycles. The van der Waals surface area contributed by atoms with Crippen molar-refractivity contribution in [3.05, 3.63) is 39.4 Å². The quantitative estimate of drug-likeness (QED) is 0.861. The van der Waals surface area contributed by atoms with Crippen molar-refractivity contribution in [2.75, 3.05) is 6.54 Å². The van der Waals surface area contributed by atoms with Gasteiger partial charge in [-0.3, -0.25) is 4.79 Å². The summed E-state index contributed by atoms with van der Waals surface area (Å²) in [5.74, 6) is 0.669. The minimum absolute atomic E-state index is 0.108. The zero-order chi connectivity index (χ0) is 14.9. The van der Waals surface area contributed by atoms with E-state index >= 15 is 0 Å². The number of nitrogens with zero attached hydrogens (tertiary/aromatic N) is 1. The van der Waals surface area contributed by atoms with Gasteiger partial charge in [0.1, 0.15) is 5.82 Å². The number of fused-ring (bicyclic) bond motifs is 1. The predicted molar refractivity (Wildman–Crippen MR) is 85.7 cm³/mol. The van der Waals surface area contributed by atoms with Gasteiger partial charge in [0.25, 0.3) is 5.56 Å². The number of hydrogen-bond acceptors (Lipinski definition) is 3. The van der Waals surface area contributed by atoms with Crippen LogP contribution in [-0.2, 0) is 6.54 Å². The SMILES string of the molecule is CCCC1(CNCc2nc3cc(Cl)ccc3c(=O)[nH]2)CC1. The van der Waals surface area contributed by atoms with Crippen molar-refractivity contribution in [3.63, 3.8) is 0 Å². The van der Waals surface area contributed by atoms with Gasteiger partial charge in [0.2, 0.25) is 0 Å². The average molecular weight is 306 g/mol. The Balaban J connectivity index is 1.71. The molecule has 1 aromatic heterocycles. The van der Waals surface area contributed by atoms with Crippen LogP contribution >= 0.6 is 11.6 Å². The maximum atomic E-state index is 12.0. The molecule has 0 atom stereocenters. The molecule has 1 aromatic carbocycles. The van der Waals surface area contributed by atoms with Gasteiger partial charge in [-0.2, -0.15) is 0 Å². The second-order valence-corrected chi connectivity index (χ2v) is 6.46. The van der Waals surface area contributed by atoms with Gasteiger partial charge < -0.3 is 10.3 Å². The average Bonchev–Trinajstić information content (AvgIpc) is 3.18. The summed E-state index contributed by atoms with van der Waals surface area (Å²) in [6.07, 6.45) is 5.12. The lowest BCUT2D eigenvalue weighted by Gasteiger charge is -2.14. The van der Waals surface area contributed by atoms with Crippen LogP contribution in [0.25, 0.3) is 10.9 Å². The lowest BCUT2D eigenvalue weighted by atomic mass is 10.0. The molecule has 1 aliphatic rings. The van der Waals surface area contributed by atoms with Crippen LogP contribution in [0.1, 0.15) is 38.4 Å². The largest absolute Gasteiger partial charge is 0.309 e. The number of halogens is 1. The van der Waals surface area contributed by atoms with Crippen molar-refractivity contribution in [3.8, 4) is 0 Å². The van der Waals surface area contributed by atoms with E-state index in [9.17, 15) is 4.79 Å². The van der Waals surface area contributed by atoms with E-state index in [1.165, 1.54) is 25.7 Å². The highest BCUT2D eigenvalue weighted by molar-refractivity contribution is 6.31. The monoisotopic (exact) mass is 305 g/mol. The molecule has 0 amide bonds. The summed E-state index contributed by atoms with van der Waals surface area (Å²) < 4.78 is 0. The number of nitrogens with one attached hydrogen (secondary N) is 2. The Kier molecular flexibility index (Phi) is 4.00. The second kappa shape index (κ2) is 5.78. The van der Waals surface area contributed by atoms with Crippen LogP contribution < -0.4 is 10.9 Å². The Morgan fingerprint density at radius 1 is 1.43 bits per heavy atom. The molecule has 1 heterocycles. The molecule has 0 saturated heterocycles. The Bertz CT molecular complexity index is 706. The molecule has 112 valence electrons. The van der Waals surface area contributed by atoms with Crippen molar-refractivity contribution in [1.82, 2.24) is 15.3 Å². The molecular formula is C16H20ClN3O. The molecule has 1 fully saturated rings. The van der Waals surface area contributed by atoms with E-state index in [1.807, 2.05) is 0 Å². The summed E-state index contributed by atoms with van der Waals surface area (Å²) in [6, 6.07) is 5.15. The van der Waals surface area contributed by atoms with Gasteiger partial charge >= 0.3 is 0 Å². The van der Waals surface area contributed by atoms with Gasteiger partial charge in [0.05, 0.1) is 17.4 Å². The Morgan fingerprint density at radius 2 is 2.24 bits per heavy atom. The van der Waals surface area contributed by atoms with Crippen LogP contribution in [0, 0.1) is 5.41 Å². The lowest BCUT2D eigenvalue weighted by Crippen LogP contribution is -2.25. The van der Waals surface area contributed by atoms with Crippen LogP contribution in [0.5, 0.6) is 0 Å². The van der Waals surface area contributed by atoms with Crippen LogP contribution in [-0.4, -0.2) is 16.5 Å². The molecular weight excluding hydrogens is 286 g/mol. The minimum atomic E-state index is -0.108. The zero-order valence-corrected chi connectivity index (χ0v) is 13.0. The summed E-state index contributed by atoms with van der Waals surface area (Å²) >= 11 is 5.96. The van der Waals surface area contributed by atoms with E-state index in [2.05, 4.69) is 22.2 Å². The Hall–Kier alpha value is -1.39. The number of H-pyrrole nitrogens is 1. The van der Waals surface area contributed by atoms with E-state index in [1.54, 1.807) is 18.2 Å². The van der Waals surface area contributed by atoms with Gasteiger partial charge in [-0.25, -0.2) is 4.98 Å². The molecule has 2 N–H and O–H groups in total. The number of rotatable bonds is 6. The molecule has 1 aliphatic carbocycles. The van der Waals surface area contributed by atoms with Crippen LogP contribution in [0.15, 0.2) is 23.0 Å². The molecule has 0 aliphatic heterocycles. The molecule has 5 heteroatoms. The minimum Gasteiger partial charge on any atom is -0.309 e. The van der Waals surface area contributed by atoms with Gasteiger partial charge in [-0.1, -0.05) is 24.9 Å². The number of aromatic nitrogens is 2. The summed E-state index contributed by atoms with van der Waals surface area (Å²) in [6.45, 7) is 3.81. The van der Waals surface area contributed by atoms with Gasteiger partial charge in [0.15, 0.2) is 0 Å². The molecule has 0 bridgehead atoms. The van der Waals surface area contributed by atoms with Crippen LogP contribution in [0.3, 0.4) is 0 Å². The van der Waals surface area contributed by atoms with E-state index < -0.39 is 0 Å². The van der Waals surface area contributed by atoms with Crippen molar-refractivity contribution < 1.29 is 0 Å². The first-order valence-electron chi connectivity index (χ1n) is 7.51. The third-order valence-corrected chi connectivity index (χ3v) is 4.48. The second-order valence-electron chi connectivity index (χ2n) is 6.03. The summed E-state index contributed by atoms with van der Waals surface area (Å²) in [7, 11) is 0. The highest BCUT2D eigenvalue weighted by Gasteiger charge is 2.40. The summed E-state index contributed by atoms with van der Waals surface area (Å²) in [4.78, 5) is 19.3. The fourth-order valence-corrected chi connectivity index (χ4v) is 3.08. The number of hydrogen-bond donors (Lipinski definition) is 2. The molecule has 0 radical (unpaired) electrons. The Labute approximate surface area is 128 Å². The first-order valence-corrected chi connectivity index (χ1v) is 7.89. The molecule has 21 heavy (non-hydrogen) atoms. The van der Waals surface area contributed by atoms with Gasteiger partial charge in [0, 0.05) is 11.6 Å². The van der Waals surface area contributed by atoms with Crippen molar-refractivity contribution >= 4 is 22.5 Å². The van der Waals surface area contributed by atoms with E-state index in [4.69, 9.17) is 11.6 Å². The van der Waals surface area contributed by atoms with E-state index in [-0.39, 0.29) is 5.56 Å². The number of benzene rings is 1. The predicted octanol–water partition coefficient (Wildman–Crippen LogP) is 3.25.